The Balaban J connectivity index is 1.58. The van der Waals surface area contributed by atoms with E-state index < -0.39 is 0 Å². The van der Waals surface area contributed by atoms with Crippen LogP contribution < -0.4 is 5.32 Å². The Labute approximate surface area is 166 Å². The van der Waals surface area contributed by atoms with Crippen LogP contribution >= 0.6 is 11.3 Å². The van der Waals surface area contributed by atoms with Crippen LogP contribution in [0.25, 0.3) is 10.6 Å². The molecule has 0 atom stereocenters. The Morgan fingerprint density at radius 1 is 1.26 bits per heavy atom. The van der Waals surface area contributed by atoms with Gasteiger partial charge in [0.25, 0.3) is 0 Å². The molecule has 5 nitrogen and oxygen atoms in total. The lowest BCUT2D eigenvalue weighted by atomic mass is 10.1. The van der Waals surface area contributed by atoms with Crippen molar-refractivity contribution in [1.82, 2.24) is 20.1 Å². The lowest BCUT2D eigenvalue weighted by Crippen LogP contribution is -2.43. The minimum absolute atomic E-state index is 0.0594. The van der Waals surface area contributed by atoms with Crippen molar-refractivity contribution in [1.29, 1.82) is 0 Å². The van der Waals surface area contributed by atoms with Crippen molar-refractivity contribution >= 4 is 17.2 Å². The quantitative estimate of drug-likeness (QED) is 0.709. The summed E-state index contributed by atoms with van der Waals surface area (Å²) in [6.07, 6.45) is 2.47. The first-order valence-corrected chi connectivity index (χ1v) is 10.7. The molecular weight excluding hydrogens is 356 g/mol. The number of benzene rings is 1. The standard InChI is InChI=1S/C21H30N4OS/c1-3-4-8-22-20(26)14-19-16-27-21(23-19)18-7-5-6-17(13-18)15-25-11-9-24(2)10-12-25/h5-7,13,16H,3-4,8-12,14-15H2,1-2H3,(H,22,26). The molecule has 146 valence electrons. The number of piperazine rings is 1. The molecule has 1 amide bonds. The predicted molar refractivity (Wildman–Crippen MR) is 112 cm³/mol. The third-order valence-electron chi connectivity index (χ3n) is 4.92. The Hall–Kier alpha value is -1.76. The van der Waals surface area contributed by atoms with E-state index in [1.54, 1.807) is 11.3 Å². The van der Waals surface area contributed by atoms with E-state index in [1.165, 1.54) is 5.56 Å². The number of thiazole rings is 1. The monoisotopic (exact) mass is 386 g/mol. The fourth-order valence-corrected chi connectivity index (χ4v) is 4.04. The Morgan fingerprint density at radius 2 is 2.07 bits per heavy atom. The third-order valence-corrected chi connectivity index (χ3v) is 5.86. The molecule has 0 bridgehead atoms. The number of hydrogen-bond acceptors (Lipinski definition) is 5. The molecule has 2 heterocycles. The van der Waals surface area contributed by atoms with Crippen molar-refractivity contribution in [2.24, 2.45) is 0 Å². The van der Waals surface area contributed by atoms with Gasteiger partial charge in [-0.25, -0.2) is 4.98 Å². The second-order valence-electron chi connectivity index (χ2n) is 7.30. The summed E-state index contributed by atoms with van der Waals surface area (Å²) in [7, 11) is 2.18. The number of carbonyl (C=O) groups is 1. The zero-order chi connectivity index (χ0) is 19.1. The molecule has 1 aliphatic rings. The van der Waals surface area contributed by atoms with Gasteiger partial charge in [-0.05, 0) is 25.1 Å². The SMILES string of the molecule is CCCCNC(=O)Cc1csc(-c2cccc(CN3CCN(C)CC3)c2)n1. The van der Waals surface area contributed by atoms with Crippen molar-refractivity contribution in [3.63, 3.8) is 0 Å². The minimum atomic E-state index is 0.0594. The average molecular weight is 387 g/mol. The molecule has 1 aromatic heterocycles. The van der Waals surface area contributed by atoms with Gasteiger partial charge in [0.1, 0.15) is 5.01 Å². The lowest BCUT2D eigenvalue weighted by molar-refractivity contribution is -0.120. The maximum atomic E-state index is 12.0. The summed E-state index contributed by atoms with van der Waals surface area (Å²) in [5.41, 5.74) is 3.32. The van der Waals surface area contributed by atoms with Gasteiger partial charge < -0.3 is 10.2 Å². The van der Waals surface area contributed by atoms with E-state index in [4.69, 9.17) is 0 Å². The first-order valence-electron chi connectivity index (χ1n) is 9.85. The molecule has 1 aliphatic heterocycles. The average Bonchev–Trinajstić information content (AvgIpc) is 3.12. The summed E-state index contributed by atoms with van der Waals surface area (Å²) in [6.45, 7) is 8.37. The smallest absolute Gasteiger partial charge is 0.226 e. The molecule has 6 heteroatoms. The van der Waals surface area contributed by atoms with E-state index >= 15 is 0 Å². The molecule has 2 aromatic rings. The van der Waals surface area contributed by atoms with Crippen molar-refractivity contribution in [3.05, 3.63) is 40.9 Å². The molecule has 0 saturated carbocycles. The second kappa shape index (κ2) is 9.97. The van der Waals surface area contributed by atoms with Gasteiger partial charge in [-0.2, -0.15) is 0 Å². The fraction of sp³-hybridized carbons (Fsp3) is 0.524. The van der Waals surface area contributed by atoms with Crippen molar-refractivity contribution in [2.75, 3.05) is 39.8 Å². The number of carbonyl (C=O) groups excluding carboxylic acids is 1. The Morgan fingerprint density at radius 3 is 2.85 bits per heavy atom. The number of nitrogens with one attached hydrogen (secondary N) is 1. The molecule has 0 unspecified atom stereocenters. The van der Waals surface area contributed by atoms with Gasteiger partial charge in [-0.1, -0.05) is 31.5 Å². The number of aromatic nitrogens is 1. The predicted octanol–water partition coefficient (Wildman–Crippen LogP) is 3.02. The van der Waals surface area contributed by atoms with Crippen molar-refractivity contribution in [3.8, 4) is 10.6 Å². The summed E-state index contributed by atoms with van der Waals surface area (Å²) in [5, 5.41) is 5.95. The number of unbranched alkanes of at least 4 members (excludes halogenated alkanes) is 1. The van der Waals surface area contributed by atoms with Crippen molar-refractivity contribution in [2.45, 2.75) is 32.7 Å². The Bertz CT molecular complexity index is 737. The molecule has 1 N–H and O–H groups in total. The van der Waals surface area contributed by atoms with Crippen LogP contribution in [0.5, 0.6) is 0 Å². The molecule has 1 saturated heterocycles. The first kappa shape index (κ1) is 20.0. The van der Waals surface area contributed by atoms with Crippen LogP contribution in [-0.4, -0.2) is 60.5 Å². The highest BCUT2D eigenvalue weighted by atomic mass is 32.1. The van der Waals surface area contributed by atoms with E-state index in [2.05, 4.69) is 58.3 Å². The summed E-state index contributed by atoms with van der Waals surface area (Å²) in [5.74, 6) is 0.0594. The van der Waals surface area contributed by atoms with Gasteiger partial charge in [0.15, 0.2) is 0 Å². The highest BCUT2D eigenvalue weighted by molar-refractivity contribution is 7.13. The van der Waals surface area contributed by atoms with E-state index in [-0.39, 0.29) is 5.91 Å². The molecule has 27 heavy (non-hydrogen) atoms. The summed E-state index contributed by atoms with van der Waals surface area (Å²) in [4.78, 5) is 21.5. The largest absolute Gasteiger partial charge is 0.356 e. The number of nitrogens with zero attached hydrogens (tertiary/aromatic N) is 3. The third kappa shape index (κ3) is 6.13. The summed E-state index contributed by atoms with van der Waals surface area (Å²) in [6, 6.07) is 8.65. The van der Waals surface area contributed by atoms with Gasteiger partial charge >= 0.3 is 0 Å². The number of hydrogen-bond donors (Lipinski definition) is 1. The van der Waals surface area contributed by atoms with Gasteiger partial charge in [-0.3, -0.25) is 9.69 Å². The number of rotatable bonds is 8. The number of amides is 1. The van der Waals surface area contributed by atoms with Gasteiger partial charge in [0.2, 0.25) is 5.91 Å². The van der Waals surface area contributed by atoms with Crippen LogP contribution in [-0.2, 0) is 17.8 Å². The molecule has 0 spiro atoms. The van der Waals surface area contributed by atoms with Gasteiger partial charge in [-0.15, -0.1) is 11.3 Å². The van der Waals surface area contributed by atoms with Crippen molar-refractivity contribution < 1.29 is 4.79 Å². The van der Waals surface area contributed by atoms with E-state index in [0.717, 1.165) is 68.4 Å². The van der Waals surface area contributed by atoms with Crippen LogP contribution in [0.1, 0.15) is 31.0 Å². The molecule has 0 radical (unpaired) electrons. The van der Waals surface area contributed by atoms with E-state index in [1.807, 2.05) is 5.38 Å². The molecule has 1 aromatic carbocycles. The maximum absolute atomic E-state index is 12.0. The fourth-order valence-electron chi connectivity index (χ4n) is 3.22. The summed E-state index contributed by atoms with van der Waals surface area (Å²) >= 11 is 1.62. The highest BCUT2D eigenvalue weighted by Crippen LogP contribution is 2.25. The highest BCUT2D eigenvalue weighted by Gasteiger charge is 2.14. The minimum Gasteiger partial charge on any atom is -0.356 e. The van der Waals surface area contributed by atoms with Crippen LogP contribution in [0, 0.1) is 0 Å². The zero-order valence-electron chi connectivity index (χ0n) is 16.4. The molecule has 3 rings (SSSR count). The molecular formula is C21H30N4OS. The number of likely N-dealkylation sites (N-methyl/N-ethyl adjacent to an activating group) is 1. The van der Waals surface area contributed by atoms with Gasteiger partial charge in [0.05, 0.1) is 12.1 Å². The topological polar surface area (TPSA) is 48.5 Å². The van der Waals surface area contributed by atoms with E-state index in [9.17, 15) is 4.79 Å². The normalized spacial score (nSPS) is 15.8. The van der Waals surface area contributed by atoms with Crippen LogP contribution in [0.3, 0.4) is 0 Å². The van der Waals surface area contributed by atoms with Gasteiger partial charge in [0, 0.05) is 50.2 Å². The Kier molecular flexibility index (Phi) is 7.38. The van der Waals surface area contributed by atoms with Crippen LogP contribution in [0.4, 0.5) is 0 Å². The molecule has 1 fully saturated rings. The van der Waals surface area contributed by atoms with E-state index in [0.29, 0.717) is 6.42 Å². The zero-order valence-corrected chi connectivity index (χ0v) is 17.2. The molecule has 0 aliphatic carbocycles. The van der Waals surface area contributed by atoms with Crippen LogP contribution in [0.15, 0.2) is 29.6 Å². The lowest BCUT2D eigenvalue weighted by Gasteiger charge is -2.32. The summed E-state index contributed by atoms with van der Waals surface area (Å²) < 4.78 is 0. The first-order chi connectivity index (χ1) is 13.1. The van der Waals surface area contributed by atoms with Crippen LogP contribution in [0.2, 0.25) is 0 Å². The maximum Gasteiger partial charge on any atom is 0.226 e. The second-order valence-corrected chi connectivity index (χ2v) is 8.16.